The van der Waals surface area contributed by atoms with E-state index in [1.807, 2.05) is 6.07 Å². The first-order chi connectivity index (χ1) is 9.52. The van der Waals surface area contributed by atoms with E-state index in [4.69, 9.17) is 5.73 Å². The lowest BCUT2D eigenvalue weighted by molar-refractivity contribution is 0.151. The summed E-state index contributed by atoms with van der Waals surface area (Å²) in [5, 5.41) is 0. The van der Waals surface area contributed by atoms with Crippen molar-refractivity contribution in [1.29, 1.82) is 0 Å². The van der Waals surface area contributed by atoms with E-state index < -0.39 is 6.43 Å². The van der Waals surface area contributed by atoms with Gasteiger partial charge in [0.25, 0.3) is 6.43 Å². The van der Waals surface area contributed by atoms with Gasteiger partial charge in [-0.05, 0) is 36.4 Å². The number of benzene rings is 1. The van der Waals surface area contributed by atoms with Crippen molar-refractivity contribution < 1.29 is 8.78 Å². The zero-order valence-corrected chi connectivity index (χ0v) is 12.2. The highest BCUT2D eigenvalue weighted by molar-refractivity contribution is 5.27. The lowest BCUT2D eigenvalue weighted by Gasteiger charge is -2.28. The molecule has 112 valence electrons. The number of hydrogen-bond donors (Lipinski definition) is 1. The quantitative estimate of drug-likeness (QED) is 0.894. The van der Waals surface area contributed by atoms with Crippen LogP contribution in [0.4, 0.5) is 8.78 Å². The van der Waals surface area contributed by atoms with Gasteiger partial charge in [-0.3, -0.25) is 4.90 Å². The molecule has 2 nitrogen and oxygen atoms in total. The van der Waals surface area contributed by atoms with Crippen LogP contribution in [0.1, 0.15) is 43.9 Å². The summed E-state index contributed by atoms with van der Waals surface area (Å²) in [5.41, 5.74) is 6.90. The number of alkyl halides is 2. The van der Waals surface area contributed by atoms with E-state index in [-0.39, 0.29) is 11.6 Å². The van der Waals surface area contributed by atoms with Crippen LogP contribution in [0.2, 0.25) is 0 Å². The normalized spacial score (nSPS) is 21.9. The Morgan fingerprint density at radius 1 is 1.30 bits per heavy atom. The predicted octanol–water partition coefficient (Wildman–Crippen LogP) is 3.60. The summed E-state index contributed by atoms with van der Waals surface area (Å²) in [5.74, 6) is 1.34. The molecule has 0 aromatic heterocycles. The molecule has 2 unspecified atom stereocenters. The molecule has 1 aromatic rings. The maximum absolute atomic E-state index is 12.8. The van der Waals surface area contributed by atoms with Gasteiger partial charge in [0.05, 0.1) is 0 Å². The molecule has 20 heavy (non-hydrogen) atoms. The molecule has 4 heteroatoms. The van der Waals surface area contributed by atoms with Crippen molar-refractivity contribution in [3.8, 4) is 0 Å². The highest BCUT2D eigenvalue weighted by Gasteiger charge is 2.30. The van der Waals surface area contributed by atoms with Crippen LogP contribution in [0.25, 0.3) is 0 Å². The Hall–Kier alpha value is -1.00. The molecule has 0 spiro atoms. The van der Waals surface area contributed by atoms with Crippen LogP contribution in [0, 0.1) is 11.8 Å². The molecule has 1 fully saturated rings. The zero-order valence-electron chi connectivity index (χ0n) is 12.2. The molecule has 0 bridgehead atoms. The van der Waals surface area contributed by atoms with Crippen molar-refractivity contribution in [2.75, 3.05) is 19.6 Å². The third-order valence-corrected chi connectivity index (χ3v) is 4.41. The van der Waals surface area contributed by atoms with Crippen molar-refractivity contribution in [3.05, 3.63) is 35.4 Å². The van der Waals surface area contributed by atoms with E-state index in [9.17, 15) is 8.78 Å². The van der Waals surface area contributed by atoms with Gasteiger partial charge in [-0.15, -0.1) is 0 Å². The monoisotopic (exact) mass is 282 g/mol. The van der Waals surface area contributed by atoms with Gasteiger partial charge in [-0.2, -0.15) is 0 Å². The second-order valence-electron chi connectivity index (χ2n) is 6.01. The minimum atomic E-state index is -2.42. The average molecular weight is 282 g/mol. The molecule has 1 saturated heterocycles. The topological polar surface area (TPSA) is 29.3 Å². The van der Waals surface area contributed by atoms with Crippen LogP contribution in [0.15, 0.2) is 24.3 Å². The molecule has 0 aliphatic carbocycles. The van der Waals surface area contributed by atoms with Crippen molar-refractivity contribution >= 4 is 0 Å². The average Bonchev–Trinajstić information content (AvgIpc) is 2.90. The van der Waals surface area contributed by atoms with Gasteiger partial charge in [0.15, 0.2) is 0 Å². The summed E-state index contributed by atoms with van der Waals surface area (Å²) in [6, 6.07) is 6.74. The van der Waals surface area contributed by atoms with E-state index in [0.717, 1.165) is 18.7 Å². The second kappa shape index (κ2) is 6.64. The number of halogens is 2. The van der Waals surface area contributed by atoms with Gasteiger partial charge in [0.2, 0.25) is 0 Å². The van der Waals surface area contributed by atoms with Gasteiger partial charge in [-0.1, -0.05) is 32.0 Å². The minimum absolute atomic E-state index is 0.0532. The highest BCUT2D eigenvalue weighted by atomic mass is 19.3. The number of nitrogens with zero attached hydrogens (tertiary/aromatic N) is 1. The van der Waals surface area contributed by atoms with Gasteiger partial charge in [0.1, 0.15) is 0 Å². The fourth-order valence-electron chi connectivity index (χ4n) is 3.04. The molecular formula is C16H24F2N2. The van der Waals surface area contributed by atoms with Crippen molar-refractivity contribution in [2.24, 2.45) is 17.6 Å². The van der Waals surface area contributed by atoms with Gasteiger partial charge >= 0.3 is 0 Å². The summed E-state index contributed by atoms with van der Waals surface area (Å²) in [4.78, 5) is 2.34. The van der Waals surface area contributed by atoms with E-state index in [1.165, 1.54) is 12.5 Å². The Morgan fingerprint density at radius 3 is 2.55 bits per heavy atom. The van der Waals surface area contributed by atoms with Crippen LogP contribution in [0.3, 0.4) is 0 Å². The minimum Gasteiger partial charge on any atom is -0.329 e. The van der Waals surface area contributed by atoms with E-state index >= 15 is 0 Å². The molecule has 2 rings (SSSR count). The first kappa shape index (κ1) is 15.4. The lowest BCUT2D eigenvalue weighted by Crippen LogP contribution is -2.32. The SMILES string of the molecule is CC(C)C1CCN(C(CN)c2cccc(C(F)F)c2)C1. The Kier molecular flexibility index (Phi) is 5.11. The highest BCUT2D eigenvalue weighted by Crippen LogP contribution is 2.31. The second-order valence-corrected chi connectivity index (χ2v) is 6.01. The van der Waals surface area contributed by atoms with Gasteiger partial charge in [0, 0.05) is 24.7 Å². The molecular weight excluding hydrogens is 258 g/mol. The third-order valence-electron chi connectivity index (χ3n) is 4.41. The Morgan fingerprint density at radius 2 is 2.00 bits per heavy atom. The van der Waals surface area contributed by atoms with Crippen LogP contribution in [-0.2, 0) is 0 Å². The molecule has 1 aliphatic heterocycles. The molecule has 2 N–H and O–H groups in total. The van der Waals surface area contributed by atoms with Gasteiger partial charge in [-0.25, -0.2) is 8.78 Å². The van der Waals surface area contributed by atoms with Crippen LogP contribution in [-0.4, -0.2) is 24.5 Å². The maximum atomic E-state index is 12.8. The van der Waals surface area contributed by atoms with E-state index in [0.29, 0.717) is 18.4 Å². The fraction of sp³-hybridized carbons (Fsp3) is 0.625. The third kappa shape index (κ3) is 3.36. The van der Waals surface area contributed by atoms with Crippen LogP contribution < -0.4 is 5.73 Å². The smallest absolute Gasteiger partial charge is 0.263 e. The zero-order chi connectivity index (χ0) is 14.7. The molecule has 1 aromatic carbocycles. The Bertz CT molecular complexity index is 434. The lowest BCUT2D eigenvalue weighted by atomic mass is 9.95. The van der Waals surface area contributed by atoms with Crippen molar-refractivity contribution in [2.45, 2.75) is 32.7 Å². The molecule has 0 saturated carbocycles. The molecule has 1 aliphatic rings. The summed E-state index contributed by atoms with van der Waals surface area (Å²) >= 11 is 0. The number of rotatable bonds is 5. The number of likely N-dealkylation sites (tertiary alicyclic amines) is 1. The fourth-order valence-corrected chi connectivity index (χ4v) is 3.04. The summed E-state index contributed by atoms with van der Waals surface area (Å²) in [6.07, 6.45) is -1.25. The molecule has 2 atom stereocenters. The Balaban J connectivity index is 2.14. The number of nitrogens with two attached hydrogens (primary N) is 1. The summed E-state index contributed by atoms with van der Waals surface area (Å²) < 4.78 is 25.6. The Labute approximate surface area is 120 Å². The maximum Gasteiger partial charge on any atom is 0.263 e. The van der Waals surface area contributed by atoms with E-state index in [1.54, 1.807) is 12.1 Å². The first-order valence-electron chi connectivity index (χ1n) is 7.35. The van der Waals surface area contributed by atoms with Crippen molar-refractivity contribution in [3.63, 3.8) is 0 Å². The predicted molar refractivity (Wildman–Crippen MR) is 77.7 cm³/mol. The summed E-state index contributed by atoms with van der Waals surface area (Å²) in [7, 11) is 0. The van der Waals surface area contributed by atoms with Crippen LogP contribution >= 0.6 is 0 Å². The summed E-state index contributed by atoms with van der Waals surface area (Å²) in [6.45, 7) is 6.96. The first-order valence-corrected chi connectivity index (χ1v) is 7.35. The van der Waals surface area contributed by atoms with E-state index in [2.05, 4.69) is 18.7 Å². The molecule has 0 amide bonds. The molecule has 0 radical (unpaired) electrons. The van der Waals surface area contributed by atoms with Crippen molar-refractivity contribution in [1.82, 2.24) is 4.90 Å². The van der Waals surface area contributed by atoms with Gasteiger partial charge < -0.3 is 5.73 Å². The van der Waals surface area contributed by atoms with Crippen LogP contribution in [0.5, 0.6) is 0 Å². The standard InChI is InChI=1S/C16H24F2N2/c1-11(2)14-6-7-20(10-14)15(9-19)12-4-3-5-13(8-12)16(17)18/h3-5,8,11,14-16H,6-7,9-10,19H2,1-2H3. The largest absolute Gasteiger partial charge is 0.329 e. The number of hydrogen-bond acceptors (Lipinski definition) is 2. The molecule has 1 heterocycles.